The fourth-order valence-corrected chi connectivity index (χ4v) is 1.90. The molecule has 2 aromatic rings. The molecule has 100 valence electrons. The molecule has 0 spiro atoms. The summed E-state index contributed by atoms with van der Waals surface area (Å²) in [5, 5.41) is 0. The molecule has 0 aliphatic heterocycles. The van der Waals surface area contributed by atoms with Gasteiger partial charge < -0.3 is 15.2 Å². The first kappa shape index (κ1) is 13.4. The Bertz CT molecular complexity index is 526. The summed E-state index contributed by atoms with van der Waals surface area (Å²) < 4.78 is 10.2. The number of hydrogen-bond acceptors (Lipinski definition) is 4. The minimum atomic E-state index is -0.0784. The smallest absolute Gasteiger partial charge is 0.212 e. The molecule has 1 aromatic carbocycles. The average Bonchev–Trinajstić information content (AvgIpc) is 2.48. The molecule has 0 saturated heterocycles. The molecule has 1 unspecified atom stereocenters. The maximum Gasteiger partial charge on any atom is 0.212 e. The molecule has 1 atom stereocenters. The number of rotatable bonds is 5. The summed E-state index contributed by atoms with van der Waals surface area (Å²) in [7, 11) is 3.25. The Hall–Kier alpha value is -2.07. The van der Waals surface area contributed by atoms with Crippen molar-refractivity contribution in [1.29, 1.82) is 0 Å². The minimum absolute atomic E-state index is 0.0784. The summed E-state index contributed by atoms with van der Waals surface area (Å²) in [6.45, 7) is 0. The van der Waals surface area contributed by atoms with Crippen molar-refractivity contribution in [3.05, 3.63) is 53.7 Å². The molecule has 1 heterocycles. The predicted molar refractivity (Wildman–Crippen MR) is 74.4 cm³/mol. The van der Waals surface area contributed by atoms with E-state index in [1.165, 1.54) is 0 Å². The number of pyridine rings is 1. The molecule has 0 amide bonds. The highest BCUT2D eigenvalue weighted by Crippen LogP contribution is 2.21. The zero-order valence-corrected chi connectivity index (χ0v) is 11.2. The standard InChI is InChI=1S/C15H18N2O2/c1-18-13-5-3-4-12(9-13)14(16)8-11-6-7-15(19-2)17-10-11/h3-7,9-10,14H,8,16H2,1-2H3. The van der Waals surface area contributed by atoms with Gasteiger partial charge in [0.05, 0.1) is 14.2 Å². The van der Waals surface area contributed by atoms with Gasteiger partial charge in [-0.3, -0.25) is 0 Å². The predicted octanol–water partition coefficient (Wildman–Crippen LogP) is 2.34. The van der Waals surface area contributed by atoms with Gasteiger partial charge in [-0.25, -0.2) is 4.98 Å². The highest BCUT2D eigenvalue weighted by molar-refractivity contribution is 5.31. The summed E-state index contributed by atoms with van der Waals surface area (Å²) >= 11 is 0. The van der Waals surface area contributed by atoms with Gasteiger partial charge in [0.2, 0.25) is 5.88 Å². The van der Waals surface area contributed by atoms with E-state index in [-0.39, 0.29) is 6.04 Å². The van der Waals surface area contributed by atoms with Crippen molar-refractivity contribution in [3.63, 3.8) is 0 Å². The highest BCUT2D eigenvalue weighted by atomic mass is 16.5. The van der Waals surface area contributed by atoms with Gasteiger partial charge in [0.1, 0.15) is 5.75 Å². The maximum atomic E-state index is 6.21. The molecule has 2 N–H and O–H groups in total. The van der Waals surface area contributed by atoms with E-state index in [1.807, 2.05) is 36.4 Å². The van der Waals surface area contributed by atoms with Crippen LogP contribution in [0.2, 0.25) is 0 Å². The Morgan fingerprint density at radius 2 is 2.00 bits per heavy atom. The van der Waals surface area contributed by atoms with E-state index < -0.39 is 0 Å². The van der Waals surface area contributed by atoms with E-state index in [4.69, 9.17) is 15.2 Å². The van der Waals surface area contributed by atoms with Crippen LogP contribution in [0, 0.1) is 0 Å². The van der Waals surface area contributed by atoms with E-state index in [9.17, 15) is 0 Å². The van der Waals surface area contributed by atoms with Crippen LogP contribution in [0.5, 0.6) is 11.6 Å². The first-order valence-electron chi connectivity index (χ1n) is 6.11. The third-order valence-corrected chi connectivity index (χ3v) is 2.98. The van der Waals surface area contributed by atoms with Crippen molar-refractivity contribution in [1.82, 2.24) is 4.98 Å². The van der Waals surface area contributed by atoms with Crippen LogP contribution < -0.4 is 15.2 Å². The lowest BCUT2D eigenvalue weighted by Gasteiger charge is -2.13. The number of ether oxygens (including phenoxy) is 2. The first-order valence-corrected chi connectivity index (χ1v) is 6.11. The van der Waals surface area contributed by atoms with Crippen molar-refractivity contribution in [3.8, 4) is 11.6 Å². The molecule has 0 saturated carbocycles. The summed E-state index contributed by atoms with van der Waals surface area (Å²) in [4.78, 5) is 4.18. The van der Waals surface area contributed by atoms with E-state index in [2.05, 4.69) is 4.98 Å². The van der Waals surface area contributed by atoms with Crippen LogP contribution in [-0.4, -0.2) is 19.2 Å². The van der Waals surface area contributed by atoms with Gasteiger partial charge >= 0.3 is 0 Å². The van der Waals surface area contributed by atoms with Crippen LogP contribution in [-0.2, 0) is 6.42 Å². The SMILES string of the molecule is COc1cccc(C(N)Cc2ccc(OC)nc2)c1. The zero-order valence-electron chi connectivity index (χ0n) is 11.2. The average molecular weight is 258 g/mol. The summed E-state index contributed by atoms with van der Waals surface area (Å²) in [6.07, 6.45) is 2.52. The lowest BCUT2D eigenvalue weighted by atomic mass is 10.0. The van der Waals surface area contributed by atoms with Crippen LogP contribution in [0.25, 0.3) is 0 Å². The van der Waals surface area contributed by atoms with Crippen molar-refractivity contribution in [2.24, 2.45) is 5.73 Å². The topological polar surface area (TPSA) is 57.4 Å². The lowest BCUT2D eigenvalue weighted by Crippen LogP contribution is -2.13. The van der Waals surface area contributed by atoms with Crippen LogP contribution in [0.1, 0.15) is 17.2 Å². The molecule has 0 radical (unpaired) electrons. The van der Waals surface area contributed by atoms with E-state index in [0.29, 0.717) is 5.88 Å². The van der Waals surface area contributed by atoms with Crippen molar-refractivity contribution >= 4 is 0 Å². The number of benzene rings is 1. The Labute approximate surface area is 113 Å². The summed E-state index contributed by atoms with van der Waals surface area (Å²) in [5.74, 6) is 1.43. The van der Waals surface area contributed by atoms with Crippen LogP contribution in [0.4, 0.5) is 0 Å². The first-order chi connectivity index (χ1) is 9.22. The van der Waals surface area contributed by atoms with Crippen LogP contribution >= 0.6 is 0 Å². The number of nitrogens with two attached hydrogens (primary N) is 1. The molecule has 19 heavy (non-hydrogen) atoms. The van der Waals surface area contributed by atoms with Gasteiger partial charge in [0.25, 0.3) is 0 Å². The lowest BCUT2D eigenvalue weighted by molar-refractivity contribution is 0.397. The van der Waals surface area contributed by atoms with E-state index in [0.717, 1.165) is 23.3 Å². The van der Waals surface area contributed by atoms with Crippen molar-refractivity contribution in [2.75, 3.05) is 14.2 Å². The molecule has 4 nitrogen and oxygen atoms in total. The van der Waals surface area contributed by atoms with E-state index in [1.54, 1.807) is 20.4 Å². The van der Waals surface area contributed by atoms with Gasteiger partial charge in [-0.2, -0.15) is 0 Å². The fourth-order valence-electron chi connectivity index (χ4n) is 1.90. The van der Waals surface area contributed by atoms with Crippen LogP contribution in [0.15, 0.2) is 42.6 Å². The summed E-state index contributed by atoms with van der Waals surface area (Å²) in [6, 6.07) is 11.6. The maximum absolute atomic E-state index is 6.21. The second-order valence-electron chi connectivity index (χ2n) is 4.30. The molecule has 1 aromatic heterocycles. The minimum Gasteiger partial charge on any atom is -0.497 e. The van der Waals surface area contributed by atoms with Crippen LogP contribution in [0.3, 0.4) is 0 Å². The number of aromatic nitrogens is 1. The normalized spacial score (nSPS) is 11.9. The molecule has 0 bridgehead atoms. The third-order valence-electron chi connectivity index (χ3n) is 2.98. The molecular formula is C15H18N2O2. The van der Waals surface area contributed by atoms with Gasteiger partial charge in [-0.15, -0.1) is 0 Å². The molecule has 2 rings (SSSR count). The van der Waals surface area contributed by atoms with Gasteiger partial charge in [-0.05, 0) is 29.7 Å². The van der Waals surface area contributed by atoms with Crippen molar-refractivity contribution < 1.29 is 9.47 Å². The van der Waals surface area contributed by atoms with Crippen molar-refractivity contribution in [2.45, 2.75) is 12.5 Å². The summed E-state index contributed by atoms with van der Waals surface area (Å²) in [5.41, 5.74) is 8.34. The Kier molecular flexibility index (Phi) is 4.36. The highest BCUT2D eigenvalue weighted by Gasteiger charge is 2.08. The second-order valence-corrected chi connectivity index (χ2v) is 4.30. The largest absolute Gasteiger partial charge is 0.497 e. The van der Waals surface area contributed by atoms with Gasteiger partial charge in [0, 0.05) is 18.3 Å². The van der Waals surface area contributed by atoms with Gasteiger partial charge in [-0.1, -0.05) is 18.2 Å². The third kappa shape index (κ3) is 3.45. The monoisotopic (exact) mass is 258 g/mol. The Morgan fingerprint density at radius 3 is 2.63 bits per heavy atom. The molecule has 0 aliphatic rings. The Balaban J connectivity index is 2.08. The number of hydrogen-bond donors (Lipinski definition) is 1. The zero-order chi connectivity index (χ0) is 13.7. The molecule has 0 fully saturated rings. The Morgan fingerprint density at radius 1 is 1.16 bits per heavy atom. The quantitative estimate of drug-likeness (QED) is 0.894. The number of methoxy groups -OCH3 is 2. The molecule has 0 aliphatic carbocycles. The fraction of sp³-hybridized carbons (Fsp3) is 0.267. The second kappa shape index (κ2) is 6.20. The number of nitrogens with zero attached hydrogens (tertiary/aromatic N) is 1. The molecular weight excluding hydrogens is 240 g/mol. The van der Waals surface area contributed by atoms with Gasteiger partial charge in [0.15, 0.2) is 0 Å². The molecule has 4 heteroatoms. The van der Waals surface area contributed by atoms with E-state index >= 15 is 0 Å².